The first-order chi connectivity index (χ1) is 19.1. The van der Waals surface area contributed by atoms with Gasteiger partial charge in [-0.3, -0.25) is 14.4 Å². The van der Waals surface area contributed by atoms with Gasteiger partial charge in [-0.15, -0.1) is 0 Å². The van der Waals surface area contributed by atoms with Crippen molar-refractivity contribution < 1.29 is 37.0 Å². The molecule has 0 unspecified atom stereocenters. The average molecular weight is 566 g/mol. The number of nitrogens with one attached hydrogen (secondary N) is 1. The maximum atomic E-state index is 13.5. The van der Waals surface area contributed by atoms with Crippen LogP contribution in [0.2, 0.25) is 0 Å². The molecule has 3 rings (SSSR count). The van der Waals surface area contributed by atoms with Crippen molar-refractivity contribution in [3.63, 3.8) is 0 Å². The molecule has 0 fully saturated rings. The number of halogens is 3. The van der Waals surface area contributed by atoms with Crippen LogP contribution in [-0.2, 0) is 33.5 Å². The Morgan fingerprint density at radius 2 is 1.56 bits per heavy atom. The van der Waals surface area contributed by atoms with Gasteiger partial charge < -0.3 is 19.7 Å². The lowest BCUT2D eigenvalue weighted by molar-refractivity contribution is -0.155. The van der Waals surface area contributed by atoms with Crippen LogP contribution in [0.25, 0.3) is 0 Å². The summed E-state index contributed by atoms with van der Waals surface area (Å²) in [6.07, 6.45) is -5.19. The number of rotatable bonds is 9. The first-order valence-electron chi connectivity index (χ1n) is 12.6. The van der Waals surface area contributed by atoms with Crippen LogP contribution in [0.5, 0.6) is 5.75 Å². The number of hydrogen-bond donors (Lipinski definition) is 1. The topological polar surface area (TPSA) is 84.9 Å². The van der Waals surface area contributed by atoms with Gasteiger partial charge in [-0.2, -0.15) is 13.2 Å². The molecule has 3 aromatic carbocycles. The van der Waals surface area contributed by atoms with Crippen molar-refractivity contribution in [2.75, 3.05) is 19.0 Å². The van der Waals surface area contributed by atoms with Crippen LogP contribution >= 0.6 is 0 Å². The number of anilines is 1. The minimum atomic E-state index is -4.66. The zero-order valence-corrected chi connectivity index (χ0v) is 23.2. The van der Waals surface area contributed by atoms with E-state index < -0.39 is 41.5 Å². The van der Waals surface area contributed by atoms with Crippen molar-refractivity contribution in [1.29, 1.82) is 0 Å². The van der Waals surface area contributed by atoms with Crippen LogP contribution in [0, 0.1) is 0 Å². The number of carbonyl (C=O) groups excluding carboxylic acids is 3. The Kier molecular flexibility index (Phi) is 9.86. The Labute approximate surface area is 238 Å². The Hall–Kier alpha value is -4.28. The summed E-state index contributed by atoms with van der Waals surface area (Å²) >= 11 is 0. The Morgan fingerprint density at radius 3 is 2.12 bits per heavy atom. The minimum Gasteiger partial charge on any atom is -0.497 e. The number of nitrogens with zero attached hydrogens (tertiary/aromatic N) is 1. The number of alkyl halides is 3. The number of carbonyl (C=O) groups is 3. The second-order valence-electron chi connectivity index (χ2n) is 10.3. The molecule has 7 nitrogen and oxygen atoms in total. The first kappa shape index (κ1) is 31.3. The van der Waals surface area contributed by atoms with Crippen LogP contribution < -0.4 is 15.5 Å². The maximum absolute atomic E-state index is 13.5. The molecule has 0 saturated carbocycles. The third kappa shape index (κ3) is 9.41. The standard InChI is InChI=1S/C30H30BF3N2O5/c1-29(2,3)41-27(38)18-36(17-19-5-10-22(31)11-6-19)28(39)20-7-12-23(13-8-20)35-26(37)15-21-9-14-24(40-4)16-25(21)30(32,33)34/h5-14,16H,15,17-18H2,1-4H3,(H,35,37). The summed E-state index contributed by atoms with van der Waals surface area (Å²) in [6, 6.07) is 16.1. The predicted octanol–water partition coefficient (Wildman–Crippen LogP) is 4.67. The molecule has 0 aliphatic carbocycles. The van der Waals surface area contributed by atoms with E-state index in [4.69, 9.17) is 17.3 Å². The molecule has 0 saturated heterocycles. The molecule has 0 aliphatic heterocycles. The number of esters is 1. The van der Waals surface area contributed by atoms with Gasteiger partial charge in [0.25, 0.3) is 5.91 Å². The molecule has 0 atom stereocenters. The van der Waals surface area contributed by atoms with E-state index in [9.17, 15) is 27.6 Å². The number of benzene rings is 3. The second-order valence-corrected chi connectivity index (χ2v) is 10.3. The summed E-state index contributed by atoms with van der Waals surface area (Å²) in [6.45, 7) is 4.98. The minimum absolute atomic E-state index is 0.0267. The molecule has 0 heterocycles. The Bertz CT molecular complexity index is 1390. The number of ether oxygens (including phenoxy) is 2. The van der Waals surface area contributed by atoms with E-state index in [0.717, 1.165) is 11.6 Å². The molecule has 2 amide bonds. The fraction of sp³-hybridized carbons (Fsp3) is 0.300. The average Bonchev–Trinajstić information content (AvgIpc) is 2.88. The smallest absolute Gasteiger partial charge is 0.416 e. The van der Waals surface area contributed by atoms with Crippen molar-refractivity contribution in [1.82, 2.24) is 4.90 Å². The summed E-state index contributed by atoms with van der Waals surface area (Å²) < 4.78 is 50.7. The lowest BCUT2D eigenvalue weighted by Crippen LogP contribution is -2.38. The van der Waals surface area contributed by atoms with Crippen molar-refractivity contribution in [2.45, 2.75) is 45.5 Å². The fourth-order valence-corrected chi connectivity index (χ4v) is 3.93. The van der Waals surface area contributed by atoms with Crippen LogP contribution in [-0.4, -0.2) is 49.8 Å². The monoisotopic (exact) mass is 566 g/mol. The molecule has 11 heteroatoms. The fourth-order valence-electron chi connectivity index (χ4n) is 3.93. The highest BCUT2D eigenvalue weighted by molar-refractivity contribution is 6.32. The van der Waals surface area contributed by atoms with E-state index in [-0.39, 0.29) is 35.7 Å². The van der Waals surface area contributed by atoms with Crippen molar-refractivity contribution in [2.24, 2.45) is 0 Å². The molecule has 2 radical (unpaired) electrons. The number of hydrogen-bond acceptors (Lipinski definition) is 5. The van der Waals surface area contributed by atoms with Crippen LogP contribution in [0.15, 0.2) is 66.7 Å². The van der Waals surface area contributed by atoms with Crippen molar-refractivity contribution >= 4 is 36.8 Å². The quantitative estimate of drug-likeness (QED) is 0.301. The molecular weight excluding hydrogens is 536 g/mol. The Balaban J connectivity index is 1.74. The van der Waals surface area contributed by atoms with Gasteiger partial charge in [0.15, 0.2) is 0 Å². The van der Waals surface area contributed by atoms with Gasteiger partial charge in [0.1, 0.15) is 25.7 Å². The lowest BCUT2D eigenvalue weighted by Gasteiger charge is -2.25. The van der Waals surface area contributed by atoms with E-state index in [1.165, 1.54) is 48.4 Å². The third-order valence-electron chi connectivity index (χ3n) is 5.77. The third-order valence-corrected chi connectivity index (χ3v) is 5.77. The predicted molar refractivity (Wildman–Crippen MR) is 149 cm³/mol. The molecule has 0 aromatic heterocycles. The maximum Gasteiger partial charge on any atom is 0.416 e. The van der Waals surface area contributed by atoms with Gasteiger partial charge >= 0.3 is 12.1 Å². The molecular formula is C30H30BF3N2O5. The molecule has 3 aromatic rings. The molecule has 0 bridgehead atoms. The van der Waals surface area contributed by atoms with E-state index >= 15 is 0 Å². The van der Waals surface area contributed by atoms with Gasteiger partial charge in [0.2, 0.25) is 5.91 Å². The highest BCUT2D eigenvalue weighted by Crippen LogP contribution is 2.34. The highest BCUT2D eigenvalue weighted by Gasteiger charge is 2.34. The van der Waals surface area contributed by atoms with E-state index in [1.807, 2.05) is 0 Å². The van der Waals surface area contributed by atoms with Crippen molar-refractivity contribution in [3.8, 4) is 5.75 Å². The van der Waals surface area contributed by atoms with Gasteiger partial charge in [-0.25, -0.2) is 0 Å². The van der Waals surface area contributed by atoms with Crippen LogP contribution in [0.4, 0.5) is 18.9 Å². The van der Waals surface area contributed by atoms with Gasteiger partial charge in [-0.05, 0) is 68.3 Å². The first-order valence-corrected chi connectivity index (χ1v) is 12.6. The van der Waals surface area contributed by atoms with E-state index in [0.29, 0.717) is 5.46 Å². The zero-order valence-electron chi connectivity index (χ0n) is 23.2. The number of amides is 2. The van der Waals surface area contributed by atoms with E-state index in [1.54, 1.807) is 45.0 Å². The normalized spacial score (nSPS) is 11.5. The van der Waals surface area contributed by atoms with Gasteiger partial charge in [0, 0.05) is 17.8 Å². The molecule has 41 heavy (non-hydrogen) atoms. The summed E-state index contributed by atoms with van der Waals surface area (Å²) in [4.78, 5) is 39.8. The van der Waals surface area contributed by atoms with Gasteiger partial charge in [-0.1, -0.05) is 35.8 Å². The zero-order chi connectivity index (χ0) is 30.4. The van der Waals surface area contributed by atoms with Crippen LogP contribution in [0.3, 0.4) is 0 Å². The summed E-state index contributed by atoms with van der Waals surface area (Å²) in [5, 5.41) is 2.55. The lowest BCUT2D eigenvalue weighted by atomic mass is 9.95. The molecule has 214 valence electrons. The Morgan fingerprint density at radius 1 is 0.927 bits per heavy atom. The molecule has 1 N–H and O–H groups in total. The van der Waals surface area contributed by atoms with Crippen LogP contribution in [0.1, 0.15) is 47.8 Å². The summed E-state index contributed by atoms with van der Waals surface area (Å²) in [5.41, 5.74) is -0.0844. The van der Waals surface area contributed by atoms with E-state index in [2.05, 4.69) is 5.32 Å². The largest absolute Gasteiger partial charge is 0.497 e. The SMILES string of the molecule is [B]c1ccc(CN(CC(=O)OC(C)(C)C)C(=O)c2ccc(NC(=O)Cc3ccc(OC)cc3C(F)(F)F)cc2)cc1. The number of methoxy groups -OCH3 is 1. The highest BCUT2D eigenvalue weighted by atomic mass is 19.4. The summed E-state index contributed by atoms with van der Waals surface area (Å²) in [7, 11) is 7.00. The van der Waals surface area contributed by atoms with Gasteiger partial charge in [0.05, 0.1) is 19.1 Å². The van der Waals surface area contributed by atoms with Crippen molar-refractivity contribution in [3.05, 3.63) is 89.0 Å². The second kappa shape index (κ2) is 12.9. The molecule has 0 aliphatic rings. The molecule has 0 spiro atoms. The summed E-state index contributed by atoms with van der Waals surface area (Å²) in [5.74, 6) is -1.69.